The molecule has 1 amide bonds. The van der Waals surface area contributed by atoms with Gasteiger partial charge < -0.3 is 10.3 Å². The second kappa shape index (κ2) is 5.97. The number of benzene rings is 1. The summed E-state index contributed by atoms with van der Waals surface area (Å²) < 4.78 is 0. The van der Waals surface area contributed by atoms with Crippen LogP contribution in [0.5, 0.6) is 0 Å². The van der Waals surface area contributed by atoms with Crippen molar-refractivity contribution in [3.63, 3.8) is 0 Å². The van der Waals surface area contributed by atoms with Crippen LogP contribution in [0, 0.1) is 0 Å². The zero-order valence-corrected chi connectivity index (χ0v) is 12.6. The summed E-state index contributed by atoms with van der Waals surface area (Å²) in [5.74, 6) is 1.16. The Morgan fingerprint density at radius 3 is 2.91 bits per heavy atom. The number of carbonyl (C=O) groups excluding carboxylic acids is 1. The van der Waals surface area contributed by atoms with Crippen LogP contribution >= 0.6 is 0 Å². The van der Waals surface area contributed by atoms with Crippen LogP contribution in [0.15, 0.2) is 42.7 Å². The maximum Gasteiger partial charge on any atom is 0.251 e. The molecule has 0 bridgehead atoms. The van der Waals surface area contributed by atoms with Gasteiger partial charge in [0.15, 0.2) is 0 Å². The predicted octanol–water partition coefficient (Wildman–Crippen LogP) is 3.01. The van der Waals surface area contributed by atoms with Crippen molar-refractivity contribution in [3.05, 3.63) is 59.7 Å². The minimum Gasteiger partial charge on any atom is -0.348 e. The number of nitrogens with zero attached hydrogens (tertiary/aromatic N) is 2. The number of hydrogen-bond acceptors (Lipinski definition) is 3. The summed E-state index contributed by atoms with van der Waals surface area (Å²) >= 11 is 0. The van der Waals surface area contributed by atoms with Gasteiger partial charge in [-0.25, -0.2) is 4.98 Å². The third-order valence-corrected chi connectivity index (χ3v) is 3.49. The SMILES string of the molecule is CC(C)c1nc2ccc(C(=O)NCc3cccnc3)cc2[nH]1. The van der Waals surface area contributed by atoms with Crippen molar-refractivity contribution in [2.24, 2.45) is 0 Å². The zero-order chi connectivity index (χ0) is 15.5. The molecule has 0 spiro atoms. The molecule has 0 aliphatic carbocycles. The van der Waals surface area contributed by atoms with Crippen molar-refractivity contribution in [2.75, 3.05) is 0 Å². The number of fused-ring (bicyclic) bond motifs is 1. The first-order chi connectivity index (χ1) is 10.6. The number of pyridine rings is 1. The summed E-state index contributed by atoms with van der Waals surface area (Å²) in [6, 6.07) is 9.29. The van der Waals surface area contributed by atoms with Crippen LogP contribution in [-0.4, -0.2) is 20.9 Å². The number of aromatic nitrogens is 3. The van der Waals surface area contributed by atoms with Crippen LogP contribution in [0.3, 0.4) is 0 Å². The highest BCUT2D eigenvalue weighted by Crippen LogP contribution is 2.18. The van der Waals surface area contributed by atoms with E-state index in [2.05, 4.69) is 34.1 Å². The second-order valence-electron chi connectivity index (χ2n) is 5.55. The highest BCUT2D eigenvalue weighted by atomic mass is 16.1. The Balaban J connectivity index is 1.76. The number of H-pyrrole nitrogens is 1. The zero-order valence-electron chi connectivity index (χ0n) is 12.6. The standard InChI is InChI=1S/C17H18N4O/c1-11(2)16-20-14-6-5-13(8-15(14)21-16)17(22)19-10-12-4-3-7-18-9-12/h3-9,11H,10H2,1-2H3,(H,19,22)(H,20,21). The van der Waals surface area contributed by atoms with Crippen molar-refractivity contribution in [3.8, 4) is 0 Å². The minimum absolute atomic E-state index is 0.105. The molecule has 2 heterocycles. The van der Waals surface area contributed by atoms with E-state index in [4.69, 9.17) is 0 Å². The summed E-state index contributed by atoms with van der Waals surface area (Å²) in [7, 11) is 0. The lowest BCUT2D eigenvalue weighted by Gasteiger charge is -2.05. The lowest BCUT2D eigenvalue weighted by atomic mass is 10.2. The van der Waals surface area contributed by atoms with Gasteiger partial charge in [0.1, 0.15) is 5.82 Å². The van der Waals surface area contributed by atoms with Crippen LogP contribution in [0.25, 0.3) is 11.0 Å². The molecule has 1 aromatic carbocycles. The smallest absolute Gasteiger partial charge is 0.251 e. The van der Waals surface area contributed by atoms with E-state index in [1.54, 1.807) is 18.5 Å². The van der Waals surface area contributed by atoms with E-state index in [-0.39, 0.29) is 5.91 Å². The largest absolute Gasteiger partial charge is 0.348 e. The molecule has 3 rings (SSSR count). The molecule has 0 atom stereocenters. The van der Waals surface area contributed by atoms with Gasteiger partial charge in [-0.1, -0.05) is 19.9 Å². The van der Waals surface area contributed by atoms with Gasteiger partial charge in [0.05, 0.1) is 11.0 Å². The van der Waals surface area contributed by atoms with E-state index in [1.807, 2.05) is 24.3 Å². The van der Waals surface area contributed by atoms with E-state index in [9.17, 15) is 4.79 Å². The van der Waals surface area contributed by atoms with Crippen molar-refractivity contribution >= 4 is 16.9 Å². The number of carbonyl (C=O) groups is 1. The molecule has 0 aliphatic rings. The Hall–Kier alpha value is -2.69. The molecule has 5 nitrogen and oxygen atoms in total. The first-order valence-corrected chi connectivity index (χ1v) is 7.30. The Bertz CT molecular complexity index is 793. The number of nitrogens with one attached hydrogen (secondary N) is 2. The molecule has 0 saturated carbocycles. The normalized spacial score (nSPS) is 11.0. The van der Waals surface area contributed by atoms with Gasteiger partial charge in [0.2, 0.25) is 0 Å². The van der Waals surface area contributed by atoms with Crippen LogP contribution in [0.2, 0.25) is 0 Å². The van der Waals surface area contributed by atoms with Crippen LogP contribution in [0.4, 0.5) is 0 Å². The van der Waals surface area contributed by atoms with Crippen LogP contribution < -0.4 is 5.32 Å². The molecule has 0 radical (unpaired) electrons. The van der Waals surface area contributed by atoms with Gasteiger partial charge in [-0.05, 0) is 29.8 Å². The molecular formula is C17H18N4O. The first-order valence-electron chi connectivity index (χ1n) is 7.30. The highest BCUT2D eigenvalue weighted by molar-refractivity contribution is 5.97. The molecule has 0 fully saturated rings. The predicted molar refractivity (Wildman–Crippen MR) is 85.6 cm³/mol. The molecule has 0 saturated heterocycles. The lowest BCUT2D eigenvalue weighted by Crippen LogP contribution is -2.22. The number of hydrogen-bond donors (Lipinski definition) is 2. The van der Waals surface area contributed by atoms with E-state index in [0.717, 1.165) is 22.4 Å². The molecule has 112 valence electrons. The molecule has 2 N–H and O–H groups in total. The van der Waals surface area contributed by atoms with Crippen molar-refractivity contribution in [2.45, 2.75) is 26.3 Å². The number of amides is 1. The average Bonchev–Trinajstić information content (AvgIpc) is 2.97. The van der Waals surface area contributed by atoms with Gasteiger partial charge in [0, 0.05) is 30.4 Å². The van der Waals surface area contributed by atoms with Crippen molar-refractivity contribution in [1.29, 1.82) is 0 Å². The van der Waals surface area contributed by atoms with Gasteiger partial charge in [0.25, 0.3) is 5.91 Å². The topological polar surface area (TPSA) is 70.7 Å². The third kappa shape index (κ3) is 2.98. The summed E-state index contributed by atoms with van der Waals surface area (Å²) in [6.07, 6.45) is 3.46. The molecule has 0 unspecified atom stereocenters. The Morgan fingerprint density at radius 1 is 1.32 bits per heavy atom. The number of aromatic amines is 1. The van der Waals surface area contributed by atoms with Gasteiger partial charge in [-0.2, -0.15) is 0 Å². The van der Waals surface area contributed by atoms with Gasteiger partial charge in [-0.3, -0.25) is 9.78 Å². The van der Waals surface area contributed by atoms with Crippen LogP contribution in [-0.2, 0) is 6.54 Å². The molecule has 3 aromatic rings. The molecule has 22 heavy (non-hydrogen) atoms. The summed E-state index contributed by atoms with van der Waals surface area (Å²) in [5, 5.41) is 2.90. The quantitative estimate of drug-likeness (QED) is 0.777. The van der Waals surface area contributed by atoms with Crippen molar-refractivity contribution in [1.82, 2.24) is 20.3 Å². The monoisotopic (exact) mass is 294 g/mol. The fourth-order valence-electron chi connectivity index (χ4n) is 2.23. The summed E-state index contributed by atoms with van der Waals surface area (Å²) in [5.41, 5.74) is 3.36. The highest BCUT2D eigenvalue weighted by Gasteiger charge is 2.10. The lowest BCUT2D eigenvalue weighted by molar-refractivity contribution is 0.0951. The Kier molecular flexibility index (Phi) is 3.87. The molecular weight excluding hydrogens is 276 g/mol. The van der Waals surface area contributed by atoms with E-state index in [1.165, 1.54) is 0 Å². The number of rotatable bonds is 4. The maximum atomic E-state index is 12.2. The Labute approximate surface area is 128 Å². The first kappa shape index (κ1) is 14.3. The maximum absolute atomic E-state index is 12.2. The van der Waals surface area contributed by atoms with Gasteiger partial charge in [-0.15, -0.1) is 0 Å². The molecule has 0 aliphatic heterocycles. The van der Waals surface area contributed by atoms with E-state index in [0.29, 0.717) is 18.0 Å². The van der Waals surface area contributed by atoms with Crippen molar-refractivity contribution < 1.29 is 4.79 Å². The fraction of sp³-hybridized carbons (Fsp3) is 0.235. The molecule has 5 heteroatoms. The van der Waals surface area contributed by atoms with Gasteiger partial charge >= 0.3 is 0 Å². The summed E-state index contributed by atoms with van der Waals surface area (Å²) in [6.45, 7) is 4.63. The second-order valence-corrected chi connectivity index (χ2v) is 5.55. The Morgan fingerprint density at radius 2 is 2.18 bits per heavy atom. The van der Waals surface area contributed by atoms with E-state index >= 15 is 0 Å². The molecule has 2 aromatic heterocycles. The number of imidazole rings is 1. The minimum atomic E-state index is -0.105. The van der Waals surface area contributed by atoms with E-state index < -0.39 is 0 Å². The third-order valence-electron chi connectivity index (χ3n) is 3.49. The fourth-order valence-corrected chi connectivity index (χ4v) is 2.23. The van der Waals surface area contributed by atoms with Crippen LogP contribution in [0.1, 0.15) is 41.5 Å². The summed E-state index contributed by atoms with van der Waals surface area (Å²) in [4.78, 5) is 24.0. The average molecular weight is 294 g/mol.